The zero-order valence-corrected chi connectivity index (χ0v) is 9.50. The third-order valence-corrected chi connectivity index (χ3v) is 3.32. The van der Waals surface area contributed by atoms with Crippen molar-refractivity contribution in [3.05, 3.63) is 29.8 Å². The molecule has 1 heterocycles. The number of rotatable bonds is 3. The predicted octanol–water partition coefficient (Wildman–Crippen LogP) is 1.63. The van der Waals surface area contributed by atoms with Crippen LogP contribution in [0.25, 0.3) is 0 Å². The van der Waals surface area contributed by atoms with Gasteiger partial charge in [-0.25, -0.2) is 0 Å². The highest BCUT2D eigenvalue weighted by atomic mass is 16.7. The Labute approximate surface area is 99.8 Å². The van der Waals surface area contributed by atoms with E-state index in [0.717, 1.165) is 5.56 Å². The Balaban J connectivity index is 1.80. The lowest BCUT2D eigenvalue weighted by molar-refractivity contribution is -0.119. The number of amides is 1. The summed E-state index contributed by atoms with van der Waals surface area (Å²) in [5.74, 6) is 0.571. The van der Waals surface area contributed by atoms with Crippen LogP contribution in [0.3, 0.4) is 0 Å². The van der Waals surface area contributed by atoms with Crippen LogP contribution in [0.4, 0.5) is 5.69 Å². The lowest BCUT2D eigenvalue weighted by atomic mass is 10.1. The Morgan fingerprint density at radius 3 is 2.94 bits per heavy atom. The van der Waals surface area contributed by atoms with Gasteiger partial charge in [0.05, 0.1) is 24.8 Å². The van der Waals surface area contributed by atoms with Gasteiger partial charge in [-0.1, -0.05) is 12.1 Å². The molecule has 0 spiro atoms. The summed E-state index contributed by atoms with van der Waals surface area (Å²) in [5, 5.41) is 10.5. The SMILES string of the molecule is O=C1CC(C2CC2)ON1c1cccc(CO)c1. The molecule has 1 saturated heterocycles. The van der Waals surface area contributed by atoms with Crippen molar-refractivity contribution in [2.45, 2.75) is 32.0 Å². The zero-order valence-electron chi connectivity index (χ0n) is 9.50. The molecule has 3 rings (SSSR count). The summed E-state index contributed by atoms with van der Waals surface area (Å²) in [6.07, 6.45) is 2.87. The summed E-state index contributed by atoms with van der Waals surface area (Å²) in [5.41, 5.74) is 1.50. The molecule has 1 N–H and O–H groups in total. The van der Waals surface area contributed by atoms with Crippen molar-refractivity contribution >= 4 is 11.6 Å². The van der Waals surface area contributed by atoms with E-state index in [9.17, 15) is 4.79 Å². The third kappa shape index (κ3) is 2.06. The van der Waals surface area contributed by atoms with Crippen molar-refractivity contribution in [1.29, 1.82) is 0 Å². The number of carbonyl (C=O) groups is 1. The van der Waals surface area contributed by atoms with Crippen molar-refractivity contribution in [1.82, 2.24) is 0 Å². The molecule has 0 bridgehead atoms. The average Bonchev–Trinajstić information content (AvgIpc) is 3.13. The van der Waals surface area contributed by atoms with Crippen LogP contribution in [0.15, 0.2) is 24.3 Å². The van der Waals surface area contributed by atoms with E-state index in [0.29, 0.717) is 18.0 Å². The first-order valence-corrected chi connectivity index (χ1v) is 5.97. The van der Waals surface area contributed by atoms with Crippen molar-refractivity contribution in [3.8, 4) is 0 Å². The number of aliphatic hydroxyl groups is 1. The maximum atomic E-state index is 11.9. The highest BCUT2D eigenvalue weighted by Crippen LogP contribution is 2.40. The molecule has 2 fully saturated rings. The van der Waals surface area contributed by atoms with Gasteiger partial charge in [0.15, 0.2) is 0 Å². The fourth-order valence-electron chi connectivity index (χ4n) is 2.19. The van der Waals surface area contributed by atoms with Crippen LogP contribution in [0, 0.1) is 5.92 Å². The van der Waals surface area contributed by atoms with Gasteiger partial charge >= 0.3 is 0 Å². The number of anilines is 1. The Morgan fingerprint density at radius 2 is 2.24 bits per heavy atom. The second-order valence-corrected chi connectivity index (χ2v) is 4.70. The van der Waals surface area contributed by atoms with Crippen molar-refractivity contribution < 1.29 is 14.7 Å². The fraction of sp³-hybridized carbons (Fsp3) is 0.462. The largest absolute Gasteiger partial charge is 0.392 e. The number of aliphatic hydroxyl groups excluding tert-OH is 1. The highest BCUT2D eigenvalue weighted by molar-refractivity contribution is 5.93. The Morgan fingerprint density at radius 1 is 1.41 bits per heavy atom. The molecule has 1 saturated carbocycles. The summed E-state index contributed by atoms with van der Waals surface area (Å²) >= 11 is 0. The standard InChI is InChI=1S/C13H15NO3/c15-8-9-2-1-3-11(6-9)14-13(16)7-12(17-14)10-4-5-10/h1-3,6,10,12,15H,4-5,7-8H2. The zero-order chi connectivity index (χ0) is 11.8. The molecular weight excluding hydrogens is 218 g/mol. The van der Waals surface area contributed by atoms with Crippen LogP contribution < -0.4 is 5.06 Å². The van der Waals surface area contributed by atoms with Gasteiger partial charge in [0.2, 0.25) is 0 Å². The first-order valence-electron chi connectivity index (χ1n) is 5.97. The minimum atomic E-state index is -0.0259. The van der Waals surface area contributed by atoms with E-state index in [1.54, 1.807) is 6.07 Å². The van der Waals surface area contributed by atoms with Gasteiger partial charge in [-0.3, -0.25) is 9.63 Å². The second-order valence-electron chi connectivity index (χ2n) is 4.70. The number of nitrogens with zero attached hydrogens (tertiary/aromatic N) is 1. The molecule has 1 amide bonds. The molecule has 1 unspecified atom stereocenters. The fourth-order valence-corrected chi connectivity index (χ4v) is 2.19. The Hall–Kier alpha value is -1.39. The maximum Gasteiger partial charge on any atom is 0.253 e. The smallest absolute Gasteiger partial charge is 0.253 e. The summed E-state index contributed by atoms with van der Waals surface area (Å²) in [7, 11) is 0. The number of hydrogen-bond donors (Lipinski definition) is 1. The summed E-state index contributed by atoms with van der Waals surface area (Å²) in [4.78, 5) is 17.5. The third-order valence-electron chi connectivity index (χ3n) is 3.32. The highest BCUT2D eigenvalue weighted by Gasteiger charge is 2.41. The van der Waals surface area contributed by atoms with E-state index in [4.69, 9.17) is 9.94 Å². The van der Waals surface area contributed by atoms with E-state index in [1.807, 2.05) is 18.2 Å². The quantitative estimate of drug-likeness (QED) is 0.863. The molecule has 1 atom stereocenters. The van der Waals surface area contributed by atoms with Gasteiger partial charge in [0.25, 0.3) is 5.91 Å². The van der Waals surface area contributed by atoms with Gasteiger partial charge in [-0.2, -0.15) is 5.06 Å². The molecule has 2 aliphatic rings. The number of hydrogen-bond acceptors (Lipinski definition) is 3. The summed E-state index contributed by atoms with van der Waals surface area (Å²) in [6.45, 7) is -0.0259. The topological polar surface area (TPSA) is 49.8 Å². The molecule has 1 aromatic carbocycles. The van der Waals surface area contributed by atoms with Crippen molar-refractivity contribution in [2.75, 3.05) is 5.06 Å². The van der Waals surface area contributed by atoms with E-state index < -0.39 is 0 Å². The van der Waals surface area contributed by atoms with Crippen LogP contribution >= 0.6 is 0 Å². The summed E-state index contributed by atoms with van der Waals surface area (Å²) < 4.78 is 0. The minimum Gasteiger partial charge on any atom is -0.392 e. The number of benzene rings is 1. The lowest BCUT2D eigenvalue weighted by Crippen LogP contribution is -2.23. The molecule has 90 valence electrons. The second kappa shape index (κ2) is 4.13. The molecule has 4 heteroatoms. The van der Waals surface area contributed by atoms with E-state index in [-0.39, 0.29) is 18.6 Å². The van der Waals surface area contributed by atoms with Crippen LogP contribution in [0.5, 0.6) is 0 Å². The molecular formula is C13H15NO3. The molecule has 17 heavy (non-hydrogen) atoms. The lowest BCUT2D eigenvalue weighted by Gasteiger charge is -2.16. The minimum absolute atomic E-state index is 0.0111. The Bertz CT molecular complexity index is 442. The van der Waals surface area contributed by atoms with Crippen LogP contribution in [0.1, 0.15) is 24.8 Å². The van der Waals surface area contributed by atoms with Gasteiger partial charge in [0.1, 0.15) is 0 Å². The number of carbonyl (C=O) groups excluding carboxylic acids is 1. The predicted molar refractivity (Wildman–Crippen MR) is 62.1 cm³/mol. The molecule has 1 aliphatic carbocycles. The molecule has 0 radical (unpaired) electrons. The monoisotopic (exact) mass is 233 g/mol. The van der Waals surface area contributed by atoms with Crippen LogP contribution in [-0.2, 0) is 16.2 Å². The molecule has 4 nitrogen and oxygen atoms in total. The summed E-state index contributed by atoms with van der Waals surface area (Å²) in [6, 6.07) is 7.25. The van der Waals surface area contributed by atoms with Crippen molar-refractivity contribution in [3.63, 3.8) is 0 Å². The van der Waals surface area contributed by atoms with E-state index in [2.05, 4.69) is 0 Å². The van der Waals surface area contributed by atoms with E-state index >= 15 is 0 Å². The molecule has 1 aliphatic heterocycles. The van der Waals surface area contributed by atoms with Crippen LogP contribution in [0.2, 0.25) is 0 Å². The van der Waals surface area contributed by atoms with Gasteiger partial charge in [-0.15, -0.1) is 0 Å². The van der Waals surface area contributed by atoms with Crippen molar-refractivity contribution in [2.24, 2.45) is 5.92 Å². The van der Waals surface area contributed by atoms with Crippen LogP contribution in [-0.4, -0.2) is 17.1 Å². The van der Waals surface area contributed by atoms with E-state index in [1.165, 1.54) is 17.9 Å². The molecule has 1 aromatic rings. The first-order chi connectivity index (χ1) is 8.28. The van der Waals surface area contributed by atoms with Gasteiger partial charge in [0, 0.05) is 0 Å². The normalized spacial score (nSPS) is 24.4. The van der Waals surface area contributed by atoms with Gasteiger partial charge in [-0.05, 0) is 36.5 Å². The Kier molecular flexibility index (Phi) is 2.61. The molecule has 0 aromatic heterocycles. The number of hydroxylamine groups is 1. The van der Waals surface area contributed by atoms with Gasteiger partial charge < -0.3 is 5.11 Å². The average molecular weight is 233 g/mol. The maximum absolute atomic E-state index is 11.9. The first kappa shape index (κ1) is 10.7.